The first kappa shape index (κ1) is 26.4. The quantitative estimate of drug-likeness (QED) is 0.230. The molecule has 0 spiro atoms. The van der Waals surface area contributed by atoms with Gasteiger partial charge in [0.1, 0.15) is 6.04 Å². The van der Waals surface area contributed by atoms with Crippen LogP contribution in [0.25, 0.3) is 0 Å². The summed E-state index contributed by atoms with van der Waals surface area (Å²) in [6.07, 6.45) is 14.7. The van der Waals surface area contributed by atoms with Crippen LogP contribution < -0.4 is 5.32 Å². The largest absolute Gasteiger partial charge is 0.481 e. The molecule has 0 aliphatic carbocycles. The Morgan fingerprint density at radius 2 is 1.07 bits per heavy atom. The first-order chi connectivity index (χ1) is 13.5. The van der Waals surface area contributed by atoms with Gasteiger partial charge >= 0.3 is 11.9 Å². The van der Waals surface area contributed by atoms with Crippen LogP contribution in [-0.4, -0.2) is 45.8 Å². The van der Waals surface area contributed by atoms with Crippen LogP contribution in [0.5, 0.6) is 0 Å². The van der Waals surface area contributed by atoms with Gasteiger partial charge in [-0.05, 0) is 19.3 Å². The molecular formula is C21H39NO6. The summed E-state index contributed by atoms with van der Waals surface area (Å²) in [7, 11) is 0. The molecule has 0 aromatic carbocycles. The number of aliphatic carboxylic acids is 2. The van der Waals surface area contributed by atoms with Crippen LogP contribution in [-0.2, 0) is 14.4 Å². The summed E-state index contributed by atoms with van der Waals surface area (Å²) in [4.78, 5) is 33.3. The lowest BCUT2D eigenvalue weighted by atomic mass is 10.0. The summed E-state index contributed by atoms with van der Waals surface area (Å²) >= 11 is 0. The molecule has 0 saturated carbocycles. The van der Waals surface area contributed by atoms with Crippen molar-refractivity contribution in [2.75, 3.05) is 6.61 Å². The molecule has 0 unspecified atom stereocenters. The minimum atomic E-state index is -1.19. The Bertz CT molecular complexity index is 427. The van der Waals surface area contributed by atoms with E-state index in [0.717, 1.165) is 38.5 Å². The lowest BCUT2D eigenvalue weighted by Crippen LogP contribution is -2.41. The van der Waals surface area contributed by atoms with E-state index in [0.29, 0.717) is 6.61 Å². The molecule has 1 atom stereocenters. The fourth-order valence-electron chi connectivity index (χ4n) is 3.13. The number of aliphatic hydroxyl groups excluding tert-OH is 1. The van der Waals surface area contributed by atoms with E-state index in [2.05, 4.69) is 5.32 Å². The number of amides is 1. The Balaban J connectivity index is 3.48. The normalized spacial score (nSPS) is 11.9. The van der Waals surface area contributed by atoms with Crippen molar-refractivity contribution in [3.8, 4) is 0 Å². The topological polar surface area (TPSA) is 124 Å². The summed E-state index contributed by atoms with van der Waals surface area (Å²) in [6.45, 7) is 0.306. The zero-order chi connectivity index (χ0) is 21.0. The van der Waals surface area contributed by atoms with Crippen LogP contribution in [0.2, 0.25) is 0 Å². The van der Waals surface area contributed by atoms with Gasteiger partial charge in [-0.1, -0.05) is 70.6 Å². The molecule has 0 heterocycles. The second-order valence-electron chi connectivity index (χ2n) is 7.46. The van der Waals surface area contributed by atoms with Crippen LogP contribution >= 0.6 is 0 Å². The number of nitrogens with one attached hydrogen (secondary N) is 1. The van der Waals surface area contributed by atoms with E-state index in [1.165, 1.54) is 44.9 Å². The average Bonchev–Trinajstić information content (AvgIpc) is 2.65. The molecule has 0 bridgehead atoms. The van der Waals surface area contributed by atoms with Crippen molar-refractivity contribution in [3.05, 3.63) is 0 Å². The van der Waals surface area contributed by atoms with Crippen molar-refractivity contribution in [2.24, 2.45) is 0 Å². The van der Waals surface area contributed by atoms with E-state index in [1.54, 1.807) is 0 Å². The molecule has 0 radical (unpaired) electrons. The van der Waals surface area contributed by atoms with Gasteiger partial charge in [-0.15, -0.1) is 0 Å². The number of carboxylic acid groups (broad SMARTS) is 2. The van der Waals surface area contributed by atoms with Gasteiger partial charge in [-0.2, -0.15) is 0 Å². The van der Waals surface area contributed by atoms with Gasteiger partial charge in [0.25, 0.3) is 0 Å². The molecule has 28 heavy (non-hydrogen) atoms. The smallest absolute Gasteiger partial charge is 0.326 e. The van der Waals surface area contributed by atoms with Gasteiger partial charge in [-0.25, -0.2) is 4.79 Å². The molecule has 1 amide bonds. The predicted octanol–water partition coefficient (Wildman–Crippen LogP) is 3.87. The van der Waals surface area contributed by atoms with E-state index in [-0.39, 0.29) is 25.2 Å². The number of rotatable bonds is 20. The lowest BCUT2D eigenvalue weighted by Gasteiger charge is -2.13. The van der Waals surface area contributed by atoms with E-state index in [9.17, 15) is 14.4 Å². The third kappa shape index (κ3) is 17.8. The molecule has 0 saturated heterocycles. The monoisotopic (exact) mass is 401 g/mol. The average molecular weight is 402 g/mol. The summed E-state index contributed by atoms with van der Waals surface area (Å²) in [5, 5.41) is 28.7. The number of carbonyl (C=O) groups excluding carboxylic acids is 1. The van der Waals surface area contributed by atoms with Crippen LogP contribution in [0.3, 0.4) is 0 Å². The molecular weight excluding hydrogens is 362 g/mol. The van der Waals surface area contributed by atoms with Crippen LogP contribution in [0.15, 0.2) is 0 Å². The number of hydrogen-bond acceptors (Lipinski definition) is 4. The standard InChI is InChI=1S/C21H39NO6/c23-17-13-11-9-7-5-3-1-2-4-6-8-10-12-14-19(24)22-18(21(27)28)15-16-20(25)26/h18,23H,1-17H2,(H,22,24)(H,25,26)(H,27,28)/t18-/m0/s1. The first-order valence-corrected chi connectivity index (χ1v) is 10.8. The van der Waals surface area contributed by atoms with Crippen LogP contribution in [0, 0.1) is 0 Å². The summed E-state index contributed by atoms with van der Waals surface area (Å²) in [5.74, 6) is -2.59. The Morgan fingerprint density at radius 1 is 0.643 bits per heavy atom. The minimum absolute atomic E-state index is 0.0981. The van der Waals surface area contributed by atoms with Gasteiger partial charge < -0.3 is 20.6 Å². The fourth-order valence-corrected chi connectivity index (χ4v) is 3.13. The minimum Gasteiger partial charge on any atom is -0.481 e. The van der Waals surface area contributed by atoms with Crippen molar-refractivity contribution in [1.82, 2.24) is 5.32 Å². The van der Waals surface area contributed by atoms with Crippen molar-refractivity contribution in [1.29, 1.82) is 0 Å². The third-order valence-corrected chi connectivity index (χ3v) is 4.84. The number of hydrogen-bond donors (Lipinski definition) is 4. The van der Waals surface area contributed by atoms with Crippen molar-refractivity contribution in [3.63, 3.8) is 0 Å². The summed E-state index contributed by atoms with van der Waals surface area (Å²) in [5.41, 5.74) is 0. The number of carbonyl (C=O) groups is 3. The fraction of sp³-hybridized carbons (Fsp3) is 0.857. The maximum Gasteiger partial charge on any atom is 0.326 e. The van der Waals surface area contributed by atoms with Gasteiger partial charge in [-0.3, -0.25) is 9.59 Å². The van der Waals surface area contributed by atoms with E-state index in [4.69, 9.17) is 15.3 Å². The van der Waals surface area contributed by atoms with E-state index >= 15 is 0 Å². The Kier molecular flexibility index (Phi) is 17.6. The van der Waals surface area contributed by atoms with Crippen molar-refractivity contribution in [2.45, 2.75) is 109 Å². The Morgan fingerprint density at radius 3 is 1.46 bits per heavy atom. The summed E-state index contributed by atoms with van der Waals surface area (Å²) < 4.78 is 0. The highest BCUT2D eigenvalue weighted by Gasteiger charge is 2.20. The van der Waals surface area contributed by atoms with Gasteiger partial charge in [0, 0.05) is 19.4 Å². The second kappa shape index (κ2) is 18.7. The van der Waals surface area contributed by atoms with Crippen molar-refractivity contribution < 1.29 is 29.7 Å². The highest BCUT2D eigenvalue weighted by atomic mass is 16.4. The second-order valence-corrected chi connectivity index (χ2v) is 7.46. The molecule has 0 aliphatic heterocycles. The molecule has 0 aromatic rings. The molecule has 0 aliphatic rings. The predicted molar refractivity (Wildman–Crippen MR) is 108 cm³/mol. The lowest BCUT2D eigenvalue weighted by molar-refractivity contribution is -0.143. The van der Waals surface area contributed by atoms with Crippen molar-refractivity contribution >= 4 is 17.8 Å². The first-order valence-electron chi connectivity index (χ1n) is 10.8. The zero-order valence-electron chi connectivity index (χ0n) is 17.2. The van der Waals surface area contributed by atoms with Gasteiger partial charge in [0.05, 0.1) is 0 Å². The van der Waals surface area contributed by atoms with Gasteiger partial charge in [0.2, 0.25) is 5.91 Å². The van der Waals surface area contributed by atoms with Crippen LogP contribution in [0.1, 0.15) is 103 Å². The van der Waals surface area contributed by atoms with Crippen LogP contribution in [0.4, 0.5) is 0 Å². The number of carboxylic acids is 2. The maximum atomic E-state index is 11.8. The third-order valence-electron chi connectivity index (χ3n) is 4.84. The Hall–Kier alpha value is -1.63. The van der Waals surface area contributed by atoms with E-state index < -0.39 is 18.0 Å². The highest BCUT2D eigenvalue weighted by molar-refractivity contribution is 5.83. The molecule has 0 rings (SSSR count). The number of unbranched alkanes of at least 4 members (excludes halogenated alkanes) is 12. The highest BCUT2D eigenvalue weighted by Crippen LogP contribution is 2.13. The number of aliphatic hydroxyl groups is 1. The summed E-state index contributed by atoms with van der Waals surface area (Å²) in [6, 6.07) is -1.13. The zero-order valence-corrected chi connectivity index (χ0v) is 17.2. The molecule has 0 aromatic heterocycles. The molecule has 164 valence electrons. The Labute approximate surface area is 168 Å². The molecule has 0 fully saturated rings. The SMILES string of the molecule is O=C(O)CC[C@H](NC(=O)CCCCCCCCCCCCCCCO)C(=O)O. The molecule has 7 nitrogen and oxygen atoms in total. The van der Waals surface area contributed by atoms with E-state index in [1.807, 2.05) is 0 Å². The molecule has 4 N–H and O–H groups in total. The maximum absolute atomic E-state index is 11.8. The van der Waals surface area contributed by atoms with Gasteiger partial charge in [0.15, 0.2) is 0 Å². The molecule has 7 heteroatoms.